The molecule has 0 spiro atoms. The summed E-state index contributed by atoms with van der Waals surface area (Å²) in [6.45, 7) is 7.59. The van der Waals surface area contributed by atoms with E-state index in [1.807, 2.05) is 32.0 Å². The normalized spacial score (nSPS) is 11.6. The number of nitrogens with zero attached hydrogens (tertiary/aromatic N) is 1. The number of carbonyl (C=O) groups excluding carboxylic acids is 1. The van der Waals surface area contributed by atoms with E-state index < -0.39 is 0 Å². The first-order valence-electron chi connectivity index (χ1n) is 9.99. The van der Waals surface area contributed by atoms with Crippen molar-refractivity contribution in [3.05, 3.63) is 102 Å². The highest BCUT2D eigenvalue weighted by Crippen LogP contribution is 2.23. The van der Waals surface area contributed by atoms with E-state index in [9.17, 15) is 4.79 Å². The van der Waals surface area contributed by atoms with Crippen molar-refractivity contribution in [1.82, 2.24) is 10.3 Å². The summed E-state index contributed by atoms with van der Waals surface area (Å²) < 4.78 is 5.22. The van der Waals surface area contributed by atoms with E-state index in [1.54, 1.807) is 48.7 Å². The average molecular weight is 415 g/mol. The molecule has 2 aromatic carbocycles. The standard InChI is InChI=1S/C25H26N4O2/c1-4-31-19-11-8-17(9-12-19)23(27)20-15-18(10-13-21(20)26)25(30)29-24(16(2)3)22-7-5-6-14-28-22/h4-16,24,27H,1,26H2,2-3H3,(H,29,30). The Labute approximate surface area is 182 Å². The van der Waals surface area contributed by atoms with Crippen LogP contribution in [0.5, 0.6) is 5.75 Å². The highest BCUT2D eigenvalue weighted by atomic mass is 16.5. The number of carbonyl (C=O) groups is 1. The minimum Gasteiger partial charge on any atom is -0.466 e. The van der Waals surface area contributed by atoms with Crippen LogP contribution < -0.4 is 15.8 Å². The highest BCUT2D eigenvalue weighted by Gasteiger charge is 2.21. The maximum absolute atomic E-state index is 13.0. The number of hydrogen-bond acceptors (Lipinski definition) is 5. The molecular weight excluding hydrogens is 388 g/mol. The van der Waals surface area contributed by atoms with Crippen molar-refractivity contribution in [2.45, 2.75) is 19.9 Å². The number of nitrogen functional groups attached to an aromatic ring is 1. The van der Waals surface area contributed by atoms with E-state index in [0.29, 0.717) is 28.1 Å². The first-order chi connectivity index (χ1) is 14.9. The molecule has 6 nitrogen and oxygen atoms in total. The van der Waals surface area contributed by atoms with Gasteiger partial charge in [0.2, 0.25) is 0 Å². The second-order valence-corrected chi connectivity index (χ2v) is 7.44. The van der Waals surface area contributed by atoms with Gasteiger partial charge in [-0.3, -0.25) is 15.2 Å². The lowest BCUT2D eigenvalue weighted by Crippen LogP contribution is -2.32. The summed E-state index contributed by atoms with van der Waals surface area (Å²) in [5, 5.41) is 11.6. The Balaban J connectivity index is 1.85. The molecule has 158 valence electrons. The number of aromatic nitrogens is 1. The molecule has 0 radical (unpaired) electrons. The van der Waals surface area contributed by atoms with Crippen LogP contribution in [0, 0.1) is 11.3 Å². The van der Waals surface area contributed by atoms with Crippen molar-refractivity contribution in [2.75, 3.05) is 5.73 Å². The fourth-order valence-electron chi connectivity index (χ4n) is 3.23. The van der Waals surface area contributed by atoms with Gasteiger partial charge in [-0.1, -0.05) is 26.5 Å². The molecule has 4 N–H and O–H groups in total. The van der Waals surface area contributed by atoms with Gasteiger partial charge in [0, 0.05) is 28.6 Å². The van der Waals surface area contributed by atoms with Crippen molar-refractivity contribution < 1.29 is 9.53 Å². The lowest BCUT2D eigenvalue weighted by Gasteiger charge is -2.22. The minimum absolute atomic E-state index is 0.154. The predicted octanol–water partition coefficient (Wildman–Crippen LogP) is 4.73. The molecule has 0 fully saturated rings. The Morgan fingerprint density at radius 2 is 1.84 bits per heavy atom. The molecule has 0 saturated heterocycles. The molecule has 31 heavy (non-hydrogen) atoms. The zero-order valence-electron chi connectivity index (χ0n) is 17.6. The molecule has 3 rings (SSSR count). The van der Waals surface area contributed by atoms with Crippen LogP contribution in [-0.4, -0.2) is 16.6 Å². The summed E-state index contributed by atoms with van der Waals surface area (Å²) >= 11 is 0. The molecule has 1 atom stereocenters. The van der Waals surface area contributed by atoms with Crippen LogP contribution in [0.25, 0.3) is 0 Å². The number of pyridine rings is 1. The average Bonchev–Trinajstić information content (AvgIpc) is 2.78. The van der Waals surface area contributed by atoms with Crippen LogP contribution in [-0.2, 0) is 0 Å². The van der Waals surface area contributed by atoms with E-state index in [0.717, 1.165) is 5.69 Å². The summed E-state index contributed by atoms with van der Waals surface area (Å²) in [5.41, 5.74) is 9.16. The maximum Gasteiger partial charge on any atom is 0.251 e. The molecule has 0 aliphatic carbocycles. The minimum atomic E-state index is -0.242. The van der Waals surface area contributed by atoms with E-state index in [-0.39, 0.29) is 23.6 Å². The number of ether oxygens (including phenoxy) is 1. The molecule has 1 heterocycles. The SMILES string of the molecule is C=COc1ccc(C(=N)c2cc(C(=O)NC(c3ccccn3)C(C)C)ccc2N)cc1. The van der Waals surface area contributed by atoms with Crippen LogP contribution in [0.4, 0.5) is 5.69 Å². The first-order valence-corrected chi connectivity index (χ1v) is 9.99. The molecule has 0 saturated carbocycles. The van der Waals surface area contributed by atoms with E-state index >= 15 is 0 Å². The van der Waals surface area contributed by atoms with Crippen LogP contribution in [0.2, 0.25) is 0 Å². The molecule has 1 unspecified atom stereocenters. The Morgan fingerprint density at radius 3 is 2.45 bits per heavy atom. The van der Waals surface area contributed by atoms with Gasteiger partial charge in [-0.2, -0.15) is 0 Å². The maximum atomic E-state index is 13.0. The Hall–Kier alpha value is -3.93. The van der Waals surface area contributed by atoms with Gasteiger partial charge in [0.1, 0.15) is 5.75 Å². The Morgan fingerprint density at radius 1 is 1.13 bits per heavy atom. The summed E-state index contributed by atoms with van der Waals surface area (Å²) in [5.74, 6) is 0.539. The van der Waals surface area contributed by atoms with E-state index in [2.05, 4.69) is 16.9 Å². The van der Waals surface area contributed by atoms with Gasteiger partial charge in [-0.15, -0.1) is 0 Å². The lowest BCUT2D eigenvalue weighted by atomic mass is 9.97. The molecule has 0 bridgehead atoms. The second-order valence-electron chi connectivity index (χ2n) is 7.44. The van der Waals surface area contributed by atoms with Crippen LogP contribution in [0.3, 0.4) is 0 Å². The fraction of sp³-hybridized carbons (Fsp3) is 0.160. The largest absolute Gasteiger partial charge is 0.466 e. The third-order valence-corrected chi connectivity index (χ3v) is 4.91. The molecule has 6 heteroatoms. The number of hydrogen-bond donors (Lipinski definition) is 3. The highest BCUT2D eigenvalue weighted by molar-refractivity contribution is 6.14. The fourth-order valence-corrected chi connectivity index (χ4v) is 3.23. The molecular formula is C25H26N4O2. The van der Waals surface area contributed by atoms with Crippen LogP contribution >= 0.6 is 0 Å². The molecule has 1 amide bonds. The predicted molar refractivity (Wildman–Crippen MR) is 123 cm³/mol. The van der Waals surface area contributed by atoms with Gasteiger partial charge >= 0.3 is 0 Å². The zero-order valence-corrected chi connectivity index (χ0v) is 17.6. The smallest absolute Gasteiger partial charge is 0.251 e. The number of amides is 1. The van der Waals surface area contributed by atoms with Gasteiger partial charge in [-0.05, 0) is 60.5 Å². The van der Waals surface area contributed by atoms with Gasteiger partial charge in [0.25, 0.3) is 5.91 Å². The molecule has 3 aromatic rings. The molecule has 0 aliphatic rings. The number of nitrogens with two attached hydrogens (primary N) is 1. The van der Waals surface area contributed by atoms with Crippen molar-refractivity contribution in [2.24, 2.45) is 5.92 Å². The van der Waals surface area contributed by atoms with Crippen molar-refractivity contribution in [1.29, 1.82) is 5.41 Å². The monoisotopic (exact) mass is 414 g/mol. The molecule has 1 aromatic heterocycles. The zero-order chi connectivity index (χ0) is 22.4. The van der Waals surface area contributed by atoms with Gasteiger partial charge in [0.05, 0.1) is 23.7 Å². The molecule has 0 aliphatic heterocycles. The van der Waals surface area contributed by atoms with Gasteiger partial charge in [-0.25, -0.2) is 0 Å². The number of benzene rings is 2. The number of nitrogens with one attached hydrogen (secondary N) is 2. The topological polar surface area (TPSA) is 101 Å². The van der Waals surface area contributed by atoms with Gasteiger partial charge in [0.15, 0.2) is 0 Å². The summed E-state index contributed by atoms with van der Waals surface area (Å²) in [4.78, 5) is 17.4. The first kappa shape index (κ1) is 21.8. The summed E-state index contributed by atoms with van der Waals surface area (Å²) in [6.07, 6.45) is 3.06. The van der Waals surface area contributed by atoms with Crippen LogP contribution in [0.1, 0.15) is 47.1 Å². The van der Waals surface area contributed by atoms with Crippen molar-refractivity contribution >= 4 is 17.3 Å². The summed E-state index contributed by atoms with van der Waals surface area (Å²) in [7, 11) is 0. The summed E-state index contributed by atoms with van der Waals surface area (Å²) in [6, 6.07) is 17.4. The van der Waals surface area contributed by atoms with Crippen molar-refractivity contribution in [3.8, 4) is 5.75 Å². The second kappa shape index (κ2) is 9.71. The number of rotatable bonds is 8. The van der Waals surface area contributed by atoms with Crippen molar-refractivity contribution in [3.63, 3.8) is 0 Å². The van der Waals surface area contributed by atoms with E-state index in [4.69, 9.17) is 15.9 Å². The third-order valence-electron chi connectivity index (χ3n) is 4.91. The third kappa shape index (κ3) is 5.17. The van der Waals surface area contributed by atoms with E-state index in [1.165, 1.54) is 6.26 Å². The lowest BCUT2D eigenvalue weighted by molar-refractivity contribution is 0.0924. The number of anilines is 1. The Bertz CT molecular complexity index is 1080. The Kier molecular flexibility index (Phi) is 6.82. The van der Waals surface area contributed by atoms with Crippen LogP contribution in [0.15, 0.2) is 79.7 Å². The van der Waals surface area contributed by atoms with Gasteiger partial charge < -0.3 is 15.8 Å². The quantitative estimate of drug-likeness (QED) is 0.282.